The average Bonchev–Trinajstić information content (AvgIpc) is 2.79. The van der Waals surface area contributed by atoms with Gasteiger partial charge < -0.3 is 14.8 Å². The number of carbonyl (C=O) groups is 1. The molecule has 0 saturated carbocycles. The van der Waals surface area contributed by atoms with Crippen LogP contribution in [-0.4, -0.2) is 16.0 Å². The van der Waals surface area contributed by atoms with Crippen molar-refractivity contribution in [2.75, 3.05) is 5.32 Å². The number of pyridine rings is 1. The van der Waals surface area contributed by atoms with Crippen molar-refractivity contribution in [3.63, 3.8) is 0 Å². The number of aryl methyl sites for hydroxylation is 1. The second-order valence-electron chi connectivity index (χ2n) is 4.52. The first kappa shape index (κ1) is 13.1. The van der Waals surface area contributed by atoms with Crippen molar-refractivity contribution in [3.8, 4) is 5.75 Å². The molecule has 6 heteroatoms. The molecular formula is C15H11FN2O3. The van der Waals surface area contributed by atoms with Crippen LogP contribution in [0.4, 0.5) is 10.2 Å². The molecule has 0 spiro atoms. The molecule has 2 heterocycles. The molecule has 2 N–H and O–H groups in total. The molecule has 0 aliphatic rings. The van der Waals surface area contributed by atoms with E-state index in [-0.39, 0.29) is 17.3 Å². The molecule has 0 fully saturated rings. The van der Waals surface area contributed by atoms with Gasteiger partial charge in [0.05, 0.1) is 0 Å². The van der Waals surface area contributed by atoms with E-state index in [1.165, 1.54) is 30.5 Å². The highest BCUT2D eigenvalue weighted by molar-refractivity contribution is 6.06. The monoisotopic (exact) mass is 286 g/mol. The van der Waals surface area contributed by atoms with Gasteiger partial charge in [0.15, 0.2) is 17.3 Å². The van der Waals surface area contributed by atoms with E-state index in [1.54, 1.807) is 13.0 Å². The molecule has 2 aromatic heterocycles. The van der Waals surface area contributed by atoms with Gasteiger partial charge in [-0.1, -0.05) is 0 Å². The van der Waals surface area contributed by atoms with E-state index in [9.17, 15) is 14.3 Å². The zero-order valence-electron chi connectivity index (χ0n) is 11.1. The van der Waals surface area contributed by atoms with E-state index in [4.69, 9.17) is 4.42 Å². The maximum absolute atomic E-state index is 13.2. The third-order valence-corrected chi connectivity index (χ3v) is 3.12. The summed E-state index contributed by atoms with van der Waals surface area (Å²) >= 11 is 0. The molecule has 3 rings (SSSR count). The van der Waals surface area contributed by atoms with E-state index < -0.39 is 11.7 Å². The van der Waals surface area contributed by atoms with Crippen LogP contribution in [0, 0.1) is 12.7 Å². The van der Waals surface area contributed by atoms with Crippen molar-refractivity contribution in [1.82, 2.24) is 4.98 Å². The lowest BCUT2D eigenvalue weighted by Crippen LogP contribution is -2.13. The number of carbonyl (C=O) groups excluding carboxylic acids is 1. The van der Waals surface area contributed by atoms with Crippen LogP contribution in [-0.2, 0) is 0 Å². The summed E-state index contributed by atoms with van der Waals surface area (Å²) in [5, 5.41) is 12.6. The number of anilines is 1. The summed E-state index contributed by atoms with van der Waals surface area (Å²) in [7, 11) is 0. The van der Waals surface area contributed by atoms with Gasteiger partial charge in [-0.15, -0.1) is 0 Å². The Morgan fingerprint density at radius 1 is 1.38 bits per heavy atom. The molecule has 0 bridgehead atoms. The zero-order chi connectivity index (χ0) is 15.0. The summed E-state index contributed by atoms with van der Waals surface area (Å²) in [4.78, 5) is 16.0. The van der Waals surface area contributed by atoms with Crippen LogP contribution < -0.4 is 5.32 Å². The lowest BCUT2D eigenvalue weighted by atomic mass is 10.1. The summed E-state index contributed by atoms with van der Waals surface area (Å²) in [5.74, 6) is -1.02. The van der Waals surface area contributed by atoms with Gasteiger partial charge in [-0.05, 0) is 37.3 Å². The van der Waals surface area contributed by atoms with Crippen molar-refractivity contribution in [2.24, 2.45) is 0 Å². The number of rotatable bonds is 2. The topological polar surface area (TPSA) is 75.4 Å². The third-order valence-electron chi connectivity index (χ3n) is 3.12. The van der Waals surface area contributed by atoms with Gasteiger partial charge in [0.1, 0.15) is 11.4 Å². The normalized spacial score (nSPS) is 10.8. The first-order valence-electron chi connectivity index (χ1n) is 6.20. The number of furan rings is 1. The van der Waals surface area contributed by atoms with Crippen molar-refractivity contribution in [2.45, 2.75) is 6.92 Å². The molecule has 1 amide bonds. The zero-order valence-corrected chi connectivity index (χ0v) is 11.1. The SMILES string of the molecule is Cc1c(C(=O)Nc2ncccc2O)oc2ccc(F)cc12. The van der Waals surface area contributed by atoms with Crippen LogP contribution in [0.1, 0.15) is 16.1 Å². The number of halogens is 1. The van der Waals surface area contributed by atoms with Crippen molar-refractivity contribution >= 4 is 22.7 Å². The Morgan fingerprint density at radius 2 is 2.19 bits per heavy atom. The number of nitrogens with zero attached hydrogens (tertiary/aromatic N) is 1. The molecule has 21 heavy (non-hydrogen) atoms. The summed E-state index contributed by atoms with van der Waals surface area (Å²) < 4.78 is 18.7. The second-order valence-corrected chi connectivity index (χ2v) is 4.52. The Morgan fingerprint density at radius 3 is 2.95 bits per heavy atom. The maximum Gasteiger partial charge on any atom is 0.292 e. The Bertz CT molecular complexity index is 842. The largest absolute Gasteiger partial charge is 0.504 e. The predicted molar refractivity (Wildman–Crippen MR) is 74.8 cm³/mol. The van der Waals surface area contributed by atoms with E-state index in [0.717, 1.165) is 0 Å². The number of benzene rings is 1. The number of aromatic nitrogens is 1. The fourth-order valence-corrected chi connectivity index (χ4v) is 2.07. The maximum atomic E-state index is 13.2. The summed E-state index contributed by atoms with van der Waals surface area (Å²) in [6.07, 6.45) is 1.44. The van der Waals surface area contributed by atoms with Gasteiger partial charge >= 0.3 is 0 Å². The van der Waals surface area contributed by atoms with Gasteiger partial charge in [-0.2, -0.15) is 0 Å². The predicted octanol–water partition coefficient (Wildman–Crippen LogP) is 3.23. The Labute approximate surface area is 119 Å². The summed E-state index contributed by atoms with van der Waals surface area (Å²) in [5.41, 5.74) is 0.946. The Hall–Kier alpha value is -2.89. The highest BCUT2D eigenvalue weighted by atomic mass is 19.1. The standard InChI is InChI=1S/C15H11FN2O3/c1-8-10-7-9(16)4-5-12(10)21-13(8)15(20)18-14-11(19)3-2-6-17-14/h2-7,19H,1H3,(H,17,18,20). The molecule has 106 valence electrons. The van der Waals surface area contributed by atoms with Gasteiger partial charge in [0.25, 0.3) is 5.91 Å². The quantitative estimate of drug-likeness (QED) is 0.758. The highest BCUT2D eigenvalue weighted by Gasteiger charge is 2.19. The molecule has 0 atom stereocenters. The molecule has 0 saturated heterocycles. The van der Waals surface area contributed by atoms with Gasteiger partial charge in [0, 0.05) is 17.1 Å². The van der Waals surface area contributed by atoms with E-state index >= 15 is 0 Å². The number of amides is 1. The highest BCUT2D eigenvalue weighted by Crippen LogP contribution is 2.27. The van der Waals surface area contributed by atoms with Crippen LogP contribution in [0.15, 0.2) is 40.9 Å². The molecule has 5 nitrogen and oxygen atoms in total. The molecule has 1 aromatic carbocycles. The minimum Gasteiger partial charge on any atom is -0.504 e. The van der Waals surface area contributed by atoms with Crippen LogP contribution in [0.25, 0.3) is 11.0 Å². The van der Waals surface area contributed by atoms with Crippen molar-refractivity contribution in [1.29, 1.82) is 0 Å². The van der Waals surface area contributed by atoms with Crippen LogP contribution >= 0.6 is 0 Å². The average molecular weight is 286 g/mol. The second kappa shape index (κ2) is 4.90. The van der Waals surface area contributed by atoms with Crippen LogP contribution in [0.3, 0.4) is 0 Å². The first-order chi connectivity index (χ1) is 10.1. The van der Waals surface area contributed by atoms with Crippen molar-refractivity contribution in [3.05, 3.63) is 53.7 Å². The van der Waals surface area contributed by atoms with Crippen molar-refractivity contribution < 1.29 is 18.7 Å². The minimum atomic E-state index is -0.557. The van der Waals surface area contributed by atoms with Gasteiger partial charge in [-0.25, -0.2) is 9.37 Å². The number of nitrogens with one attached hydrogen (secondary N) is 1. The van der Waals surface area contributed by atoms with E-state index in [0.29, 0.717) is 16.5 Å². The van der Waals surface area contributed by atoms with E-state index in [2.05, 4.69) is 10.3 Å². The Balaban J connectivity index is 1.99. The van der Waals surface area contributed by atoms with Gasteiger partial charge in [-0.3, -0.25) is 4.79 Å². The molecule has 0 aliphatic carbocycles. The molecule has 0 aliphatic heterocycles. The van der Waals surface area contributed by atoms with Gasteiger partial charge in [0.2, 0.25) is 0 Å². The van der Waals surface area contributed by atoms with E-state index in [1.807, 2.05) is 0 Å². The smallest absolute Gasteiger partial charge is 0.292 e. The number of hydrogen-bond acceptors (Lipinski definition) is 4. The summed E-state index contributed by atoms with van der Waals surface area (Å²) in [6.45, 7) is 1.67. The fraction of sp³-hybridized carbons (Fsp3) is 0.0667. The Kier molecular flexibility index (Phi) is 3.06. The lowest BCUT2D eigenvalue weighted by molar-refractivity contribution is 0.0997. The number of hydrogen-bond donors (Lipinski definition) is 2. The van der Waals surface area contributed by atoms with Crippen LogP contribution in [0.2, 0.25) is 0 Å². The molecule has 0 radical (unpaired) electrons. The molecule has 0 unspecified atom stereocenters. The number of fused-ring (bicyclic) bond motifs is 1. The third kappa shape index (κ3) is 2.31. The van der Waals surface area contributed by atoms with Crippen LogP contribution in [0.5, 0.6) is 5.75 Å². The first-order valence-corrected chi connectivity index (χ1v) is 6.20. The fourth-order valence-electron chi connectivity index (χ4n) is 2.07. The lowest BCUT2D eigenvalue weighted by Gasteiger charge is -2.04. The molecular weight excluding hydrogens is 275 g/mol. The molecule has 3 aromatic rings. The minimum absolute atomic E-state index is 0.0357. The summed E-state index contributed by atoms with van der Waals surface area (Å²) in [6, 6.07) is 6.98. The number of aromatic hydroxyl groups is 1.